The number of aromatic nitrogens is 1. The van der Waals surface area contributed by atoms with Gasteiger partial charge in [0, 0.05) is 12.3 Å². The Balaban J connectivity index is 2.83. The van der Waals surface area contributed by atoms with Crippen LogP contribution in [0.2, 0.25) is 5.02 Å². The van der Waals surface area contributed by atoms with Gasteiger partial charge in [0.05, 0.1) is 10.7 Å². The van der Waals surface area contributed by atoms with E-state index in [-0.39, 0.29) is 0 Å². The summed E-state index contributed by atoms with van der Waals surface area (Å²) in [6.07, 6.45) is 2.04. The minimum Gasteiger partial charge on any atom is -0.370 e. The molecule has 1 heterocycles. The zero-order chi connectivity index (χ0) is 9.68. The van der Waals surface area contributed by atoms with Gasteiger partial charge in [-0.1, -0.05) is 11.6 Å². The van der Waals surface area contributed by atoms with Crippen molar-refractivity contribution >= 4 is 29.2 Å². The van der Waals surface area contributed by atoms with Crippen molar-refractivity contribution in [2.24, 2.45) is 0 Å². The topological polar surface area (TPSA) is 24.9 Å². The molecule has 1 rings (SSSR count). The predicted molar refractivity (Wildman–Crippen MR) is 60.6 cm³/mol. The van der Waals surface area contributed by atoms with E-state index in [0.717, 1.165) is 28.8 Å². The Kier molecular flexibility index (Phi) is 4.39. The Bertz CT molecular complexity index is 278. The highest BCUT2D eigenvalue weighted by Crippen LogP contribution is 2.20. The van der Waals surface area contributed by atoms with Gasteiger partial charge in [-0.3, -0.25) is 0 Å². The van der Waals surface area contributed by atoms with Crippen LogP contribution in [-0.2, 0) is 5.75 Å². The van der Waals surface area contributed by atoms with Crippen molar-refractivity contribution in [2.75, 3.05) is 18.1 Å². The fraction of sp³-hybridized carbons (Fsp3) is 0.444. The van der Waals surface area contributed by atoms with Crippen molar-refractivity contribution < 1.29 is 0 Å². The van der Waals surface area contributed by atoms with Crippen LogP contribution >= 0.6 is 23.4 Å². The Morgan fingerprint density at radius 2 is 2.31 bits per heavy atom. The minimum atomic E-state index is 0.746. The van der Waals surface area contributed by atoms with Gasteiger partial charge in [0.2, 0.25) is 0 Å². The summed E-state index contributed by atoms with van der Waals surface area (Å²) in [5.74, 6) is 1.76. The third kappa shape index (κ3) is 3.08. The van der Waals surface area contributed by atoms with Crippen LogP contribution in [0.15, 0.2) is 12.1 Å². The van der Waals surface area contributed by atoms with Crippen LogP contribution in [0.4, 0.5) is 5.82 Å². The normalized spacial score (nSPS) is 10.1. The van der Waals surface area contributed by atoms with Crippen molar-refractivity contribution in [1.82, 2.24) is 4.98 Å². The summed E-state index contributed by atoms with van der Waals surface area (Å²) in [5, 5.41) is 3.90. The fourth-order valence-corrected chi connectivity index (χ4v) is 1.75. The number of thioether (sulfide) groups is 1. The quantitative estimate of drug-likeness (QED) is 0.838. The first-order valence-corrected chi connectivity index (χ1v) is 5.93. The second-order valence-electron chi connectivity index (χ2n) is 2.59. The molecule has 0 spiro atoms. The van der Waals surface area contributed by atoms with Gasteiger partial charge >= 0.3 is 0 Å². The molecule has 0 fully saturated rings. The number of halogens is 1. The molecule has 13 heavy (non-hydrogen) atoms. The van der Waals surface area contributed by atoms with Gasteiger partial charge in [0.1, 0.15) is 5.82 Å². The van der Waals surface area contributed by atoms with Crippen LogP contribution < -0.4 is 5.32 Å². The lowest BCUT2D eigenvalue weighted by Gasteiger charge is -2.05. The smallest absolute Gasteiger partial charge is 0.126 e. The molecule has 2 nitrogen and oxygen atoms in total. The average Bonchev–Trinajstić information content (AvgIpc) is 2.12. The lowest BCUT2D eigenvalue weighted by molar-refractivity contribution is 1.11. The molecule has 1 aromatic rings. The van der Waals surface area contributed by atoms with E-state index in [2.05, 4.69) is 10.3 Å². The summed E-state index contributed by atoms with van der Waals surface area (Å²) in [6, 6.07) is 3.79. The zero-order valence-electron chi connectivity index (χ0n) is 7.80. The molecule has 0 saturated heterocycles. The second-order valence-corrected chi connectivity index (χ2v) is 3.86. The Labute approximate surface area is 88.1 Å². The third-order valence-corrected chi connectivity index (χ3v) is 2.46. The lowest BCUT2D eigenvalue weighted by atomic mass is 10.3. The van der Waals surface area contributed by atoms with Crippen molar-refractivity contribution in [3.8, 4) is 0 Å². The van der Waals surface area contributed by atoms with Crippen molar-refractivity contribution in [3.05, 3.63) is 22.8 Å². The molecule has 1 aromatic heterocycles. The first kappa shape index (κ1) is 10.7. The third-order valence-electron chi connectivity index (χ3n) is 1.56. The van der Waals surface area contributed by atoms with E-state index in [9.17, 15) is 0 Å². The number of anilines is 1. The number of nitrogens with one attached hydrogen (secondary N) is 1. The molecule has 0 radical (unpaired) electrons. The summed E-state index contributed by atoms with van der Waals surface area (Å²) in [4.78, 5) is 4.39. The van der Waals surface area contributed by atoms with Gasteiger partial charge in [-0.05, 0) is 25.3 Å². The van der Waals surface area contributed by atoms with E-state index in [1.54, 1.807) is 11.8 Å². The van der Waals surface area contributed by atoms with Crippen LogP contribution in [0.5, 0.6) is 0 Å². The highest BCUT2D eigenvalue weighted by Gasteiger charge is 2.02. The molecule has 0 aliphatic rings. The molecule has 0 aliphatic carbocycles. The summed E-state index contributed by atoms with van der Waals surface area (Å²) < 4.78 is 0. The van der Waals surface area contributed by atoms with Crippen LogP contribution in [0.25, 0.3) is 0 Å². The first-order valence-electron chi connectivity index (χ1n) is 4.16. The molecule has 0 atom stereocenters. The molecule has 72 valence electrons. The maximum atomic E-state index is 5.97. The molecule has 4 heteroatoms. The van der Waals surface area contributed by atoms with Gasteiger partial charge in [0.15, 0.2) is 0 Å². The number of rotatable bonds is 4. The number of hydrogen-bond acceptors (Lipinski definition) is 3. The highest BCUT2D eigenvalue weighted by molar-refractivity contribution is 7.97. The molecule has 0 saturated carbocycles. The van der Waals surface area contributed by atoms with Crippen molar-refractivity contribution in [1.29, 1.82) is 0 Å². The maximum absolute atomic E-state index is 5.97. The van der Waals surface area contributed by atoms with Crippen LogP contribution in [0.3, 0.4) is 0 Å². The largest absolute Gasteiger partial charge is 0.370 e. The van der Waals surface area contributed by atoms with E-state index < -0.39 is 0 Å². The first-order chi connectivity index (χ1) is 6.27. The molecular weight excluding hydrogens is 204 g/mol. The standard InChI is InChI=1S/C9H13ClN2S/c1-3-11-9-5-4-7(10)8(12-9)6-13-2/h4-5H,3,6H2,1-2H3,(H,11,12). The predicted octanol–water partition coefficient (Wildman–Crippen LogP) is 3.03. The van der Waals surface area contributed by atoms with E-state index in [0.29, 0.717) is 0 Å². The summed E-state index contributed by atoms with van der Waals surface area (Å²) in [5.41, 5.74) is 0.951. The SMILES string of the molecule is CCNc1ccc(Cl)c(CSC)n1. The molecule has 1 N–H and O–H groups in total. The zero-order valence-corrected chi connectivity index (χ0v) is 9.37. The Morgan fingerprint density at radius 3 is 2.92 bits per heavy atom. The Morgan fingerprint density at radius 1 is 1.54 bits per heavy atom. The molecule has 0 amide bonds. The number of pyridine rings is 1. The van der Waals surface area contributed by atoms with E-state index in [1.165, 1.54) is 0 Å². The van der Waals surface area contributed by atoms with Gasteiger partial charge in [-0.2, -0.15) is 11.8 Å². The van der Waals surface area contributed by atoms with E-state index in [4.69, 9.17) is 11.6 Å². The van der Waals surface area contributed by atoms with Gasteiger partial charge in [-0.25, -0.2) is 4.98 Å². The fourth-order valence-electron chi connectivity index (χ4n) is 1.00. The summed E-state index contributed by atoms with van der Waals surface area (Å²) in [7, 11) is 0. The maximum Gasteiger partial charge on any atom is 0.126 e. The van der Waals surface area contributed by atoms with Gasteiger partial charge in [-0.15, -0.1) is 0 Å². The number of hydrogen-bond donors (Lipinski definition) is 1. The van der Waals surface area contributed by atoms with Crippen LogP contribution in [-0.4, -0.2) is 17.8 Å². The Hall–Kier alpha value is -0.410. The van der Waals surface area contributed by atoms with Gasteiger partial charge < -0.3 is 5.32 Å². The molecule has 0 bridgehead atoms. The number of nitrogens with zero attached hydrogens (tertiary/aromatic N) is 1. The van der Waals surface area contributed by atoms with Crippen molar-refractivity contribution in [3.63, 3.8) is 0 Å². The molecule has 0 unspecified atom stereocenters. The summed E-state index contributed by atoms with van der Waals surface area (Å²) in [6.45, 7) is 2.93. The molecular formula is C9H13ClN2S. The van der Waals surface area contributed by atoms with Crippen LogP contribution in [0, 0.1) is 0 Å². The molecule has 0 aromatic carbocycles. The summed E-state index contributed by atoms with van der Waals surface area (Å²) >= 11 is 7.69. The average molecular weight is 217 g/mol. The van der Waals surface area contributed by atoms with Crippen LogP contribution in [0.1, 0.15) is 12.6 Å². The minimum absolute atomic E-state index is 0.746. The van der Waals surface area contributed by atoms with E-state index >= 15 is 0 Å². The van der Waals surface area contributed by atoms with Gasteiger partial charge in [0.25, 0.3) is 0 Å². The lowest BCUT2D eigenvalue weighted by Crippen LogP contribution is -2.00. The molecule has 0 aliphatic heterocycles. The van der Waals surface area contributed by atoms with Crippen molar-refractivity contribution in [2.45, 2.75) is 12.7 Å². The second kappa shape index (κ2) is 5.35. The highest BCUT2D eigenvalue weighted by atomic mass is 35.5. The van der Waals surface area contributed by atoms with E-state index in [1.807, 2.05) is 25.3 Å². The monoisotopic (exact) mass is 216 g/mol.